The van der Waals surface area contributed by atoms with Crippen LogP contribution in [0.1, 0.15) is 10.4 Å². The van der Waals surface area contributed by atoms with Crippen molar-refractivity contribution >= 4 is 17.5 Å². The fraction of sp³-hybridized carbons (Fsp3) is 0. The molecule has 0 spiro atoms. The predicted octanol–water partition coefficient (Wildman–Crippen LogP) is 2.63. The van der Waals surface area contributed by atoms with E-state index in [1.165, 1.54) is 6.20 Å². The number of hydrogen-bond acceptors (Lipinski definition) is 3. The van der Waals surface area contributed by atoms with Crippen molar-refractivity contribution in [1.29, 1.82) is 0 Å². The van der Waals surface area contributed by atoms with Crippen molar-refractivity contribution in [3.8, 4) is 11.6 Å². The first kappa shape index (κ1) is 11.4. The lowest BCUT2D eigenvalue weighted by Crippen LogP contribution is -2.12. The zero-order valence-electron chi connectivity index (χ0n) is 8.76. The van der Waals surface area contributed by atoms with Gasteiger partial charge in [0.25, 0.3) is 5.91 Å². The van der Waals surface area contributed by atoms with E-state index >= 15 is 0 Å². The van der Waals surface area contributed by atoms with Crippen LogP contribution < -0.4 is 10.5 Å². The van der Waals surface area contributed by atoms with E-state index in [0.29, 0.717) is 22.2 Å². The van der Waals surface area contributed by atoms with Gasteiger partial charge in [-0.3, -0.25) is 4.79 Å². The number of ether oxygens (including phenoxy) is 1. The summed E-state index contributed by atoms with van der Waals surface area (Å²) in [5.41, 5.74) is 5.54. The molecule has 0 aliphatic carbocycles. The number of para-hydroxylation sites is 1. The van der Waals surface area contributed by atoms with Gasteiger partial charge in [0.15, 0.2) is 0 Å². The van der Waals surface area contributed by atoms with Crippen molar-refractivity contribution in [2.45, 2.75) is 0 Å². The maximum atomic E-state index is 11.2. The van der Waals surface area contributed by atoms with Crippen LogP contribution in [0.5, 0.6) is 11.6 Å². The molecule has 1 aromatic heterocycles. The van der Waals surface area contributed by atoms with E-state index in [-0.39, 0.29) is 0 Å². The van der Waals surface area contributed by atoms with Crippen molar-refractivity contribution in [2.24, 2.45) is 5.73 Å². The molecule has 0 saturated heterocycles. The Balaban J connectivity index is 2.30. The van der Waals surface area contributed by atoms with Crippen LogP contribution in [0.4, 0.5) is 0 Å². The van der Waals surface area contributed by atoms with Crippen LogP contribution in [0, 0.1) is 0 Å². The summed E-state index contributed by atoms with van der Waals surface area (Å²) in [4.78, 5) is 15.1. The molecule has 0 unspecified atom stereocenters. The van der Waals surface area contributed by atoms with Crippen molar-refractivity contribution in [3.63, 3.8) is 0 Å². The minimum atomic E-state index is -0.547. The second-order valence-electron chi connectivity index (χ2n) is 3.28. The number of nitrogens with two attached hydrogens (primary N) is 1. The van der Waals surface area contributed by atoms with Gasteiger partial charge in [-0.25, -0.2) is 4.98 Å². The zero-order valence-corrected chi connectivity index (χ0v) is 9.52. The van der Waals surface area contributed by atoms with Crippen LogP contribution >= 0.6 is 11.6 Å². The minimum Gasteiger partial charge on any atom is -0.438 e. The SMILES string of the molecule is NC(=O)c1ccccc1Oc1ccc(Cl)cn1. The molecule has 5 heteroatoms. The predicted molar refractivity (Wildman–Crippen MR) is 64.3 cm³/mol. The highest BCUT2D eigenvalue weighted by Gasteiger charge is 2.09. The normalized spacial score (nSPS) is 9.94. The Morgan fingerprint density at radius 3 is 2.65 bits per heavy atom. The summed E-state index contributed by atoms with van der Waals surface area (Å²) >= 11 is 5.70. The number of nitrogens with zero attached hydrogens (tertiary/aromatic N) is 1. The first-order valence-corrected chi connectivity index (χ1v) is 5.23. The van der Waals surface area contributed by atoms with Gasteiger partial charge in [0.1, 0.15) is 5.75 Å². The molecule has 0 bridgehead atoms. The summed E-state index contributed by atoms with van der Waals surface area (Å²) < 4.78 is 5.46. The van der Waals surface area contributed by atoms with Crippen LogP contribution in [0.25, 0.3) is 0 Å². The molecule has 0 radical (unpaired) electrons. The highest BCUT2D eigenvalue weighted by molar-refractivity contribution is 6.30. The van der Waals surface area contributed by atoms with Crippen LogP contribution in [-0.4, -0.2) is 10.9 Å². The molecule has 0 aliphatic rings. The lowest BCUT2D eigenvalue weighted by molar-refractivity contribution is 0.0998. The van der Waals surface area contributed by atoms with Crippen LogP contribution in [0.3, 0.4) is 0 Å². The Bertz CT molecular complexity index is 540. The number of carbonyl (C=O) groups excluding carboxylic acids is 1. The minimum absolute atomic E-state index is 0.309. The number of hydrogen-bond donors (Lipinski definition) is 1. The number of rotatable bonds is 3. The average Bonchev–Trinajstić information content (AvgIpc) is 2.32. The molecular formula is C12H9ClN2O2. The van der Waals surface area contributed by atoms with E-state index in [0.717, 1.165) is 0 Å². The molecule has 1 heterocycles. The maximum absolute atomic E-state index is 11.2. The molecule has 2 rings (SSSR count). The fourth-order valence-corrected chi connectivity index (χ4v) is 1.41. The maximum Gasteiger partial charge on any atom is 0.252 e. The van der Waals surface area contributed by atoms with E-state index in [9.17, 15) is 4.79 Å². The Labute approximate surface area is 103 Å². The second kappa shape index (κ2) is 4.84. The Kier molecular flexibility index (Phi) is 3.25. The lowest BCUT2D eigenvalue weighted by Gasteiger charge is -2.07. The third-order valence-electron chi connectivity index (χ3n) is 2.07. The van der Waals surface area contributed by atoms with Crippen LogP contribution in [-0.2, 0) is 0 Å². The summed E-state index contributed by atoms with van der Waals surface area (Å²) in [5, 5.41) is 0.514. The summed E-state index contributed by atoms with van der Waals surface area (Å²) in [5.74, 6) is 0.174. The molecule has 0 aliphatic heterocycles. The summed E-state index contributed by atoms with van der Waals surface area (Å²) in [6.45, 7) is 0. The number of primary amides is 1. The Morgan fingerprint density at radius 1 is 1.24 bits per heavy atom. The summed E-state index contributed by atoms with van der Waals surface area (Å²) in [6.07, 6.45) is 1.46. The first-order valence-electron chi connectivity index (χ1n) is 4.85. The molecule has 0 fully saturated rings. The van der Waals surface area contributed by atoms with E-state index in [1.807, 2.05) is 0 Å². The molecular weight excluding hydrogens is 240 g/mol. The molecule has 1 aromatic carbocycles. The molecule has 1 amide bonds. The third-order valence-corrected chi connectivity index (χ3v) is 2.29. The number of pyridine rings is 1. The monoisotopic (exact) mass is 248 g/mol. The van der Waals surface area contributed by atoms with Crippen LogP contribution in [0.2, 0.25) is 5.02 Å². The molecule has 4 nitrogen and oxygen atoms in total. The number of halogens is 1. The quantitative estimate of drug-likeness (QED) is 0.908. The molecule has 0 atom stereocenters. The molecule has 0 saturated carbocycles. The largest absolute Gasteiger partial charge is 0.438 e. The number of aromatic nitrogens is 1. The van der Waals surface area contributed by atoms with Gasteiger partial charge in [0.2, 0.25) is 5.88 Å². The number of benzene rings is 1. The lowest BCUT2D eigenvalue weighted by atomic mass is 10.2. The van der Waals surface area contributed by atoms with Gasteiger partial charge in [-0.2, -0.15) is 0 Å². The zero-order chi connectivity index (χ0) is 12.3. The standard InChI is InChI=1S/C12H9ClN2O2/c13-8-5-6-11(15-7-8)17-10-4-2-1-3-9(10)12(14)16/h1-7H,(H2,14,16). The van der Waals surface area contributed by atoms with Gasteiger partial charge in [0, 0.05) is 12.3 Å². The summed E-state index contributed by atoms with van der Waals surface area (Å²) in [6, 6.07) is 9.96. The van der Waals surface area contributed by atoms with Gasteiger partial charge in [0.05, 0.1) is 10.6 Å². The van der Waals surface area contributed by atoms with Crippen molar-refractivity contribution in [1.82, 2.24) is 4.98 Å². The Morgan fingerprint density at radius 2 is 2.00 bits per heavy atom. The highest BCUT2D eigenvalue weighted by Crippen LogP contribution is 2.23. The van der Waals surface area contributed by atoms with Crippen molar-refractivity contribution in [3.05, 3.63) is 53.2 Å². The van der Waals surface area contributed by atoms with E-state index < -0.39 is 5.91 Å². The number of carbonyl (C=O) groups is 1. The third kappa shape index (κ3) is 2.73. The van der Waals surface area contributed by atoms with Gasteiger partial charge < -0.3 is 10.5 Å². The molecule has 2 N–H and O–H groups in total. The van der Waals surface area contributed by atoms with Gasteiger partial charge >= 0.3 is 0 Å². The fourth-order valence-electron chi connectivity index (χ4n) is 1.29. The van der Waals surface area contributed by atoms with E-state index in [1.54, 1.807) is 36.4 Å². The highest BCUT2D eigenvalue weighted by atomic mass is 35.5. The first-order chi connectivity index (χ1) is 8.16. The van der Waals surface area contributed by atoms with Crippen molar-refractivity contribution in [2.75, 3.05) is 0 Å². The van der Waals surface area contributed by atoms with Gasteiger partial charge in [-0.1, -0.05) is 23.7 Å². The number of amides is 1. The average molecular weight is 249 g/mol. The van der Waals surface area contributed by atoms with E-state index in [2.05, 4.69) is 4.98 Å². The van der Waals surface area contributed by atoms with Crippen molar-refractivity contribution < 1.29 is 9.53 Å². The molecule has 2 aromatic rings. The smallest absolute Gasteiger partial charge is 0.252 e. The topological polar surface area (TPSA) is 65.2 Å². The molecule has 17 heavy (non-hydrogen) atoms. The van der Waals surface area contributed by atoms with Crippen LogP contribution in [0.15, 0.2) is 42.6 Å². The second-order valence-corrected chi connectivity index (χ2v) is 3.71. The van der Waals surface area contributed by atoms with Gasteiger partial charge in [-0.15, -0.1) is 0 Å². The van der Waals surface area contributed by atoms with Gasteiger partial charge in [-0.05, 0) is 18.2 Å². The van der Waals surface area contributed by atoms with E-state index in [4.69, 9.17) is 22.1 Å². The Hall–Kier alpha value is -2.07. The summed E-state index contributed by atoms with van der Waals surface area (Å²) in [7, 11) is 0. The molecule has 86 valence electrons.